The SMILES string of the molecule is CC/C=C\C/C=C\CCCN1CCN(C)C1=NC(C)(C)C. The number of nitrogens with zero attached hydrogens (tertiary/aromatic N) is 3. The maximum absolute atomic E-state index is 4.86. The van der Waals surface area contributed by atoms with Gasteiger partial charge in [0.05, 0.1) is 5.54 Å². The highest BCUT2D eigenvalue weighted by atomic mass is 15.4. The average Bonchev–Trinajstić information content (AvgIpc) is 2.73. The molecule has 0 aromatic carbocycles. The number of likely N-dealkylation sites (N-methyl/N-ethyl adjacent to an activating group) is 1. The first-order valence-corrected chi connectivity index (χ1v) is 8.30. The summed E-state index contributed by atoms with van der Waals surface area (Å²) < 4.78 is 0. The minimum atomic E-state index is -0.00228. The quantitative estimate of drug-likeness (QED) is 0.520. The lowest BCUT2D eigenvalue weighted by molar-refractivity contribution is 0.441. The number of allylic oxidation sites excluding steroid dienone is 4. The van der Waals surface area contributed by atoms with Gasteiger partial charge in [0.15, 0.2) is 5.96 Å². The van der Waals surface area contributed by atoms with Crippen LogP contribution in [0.1, 0.15) is 53.4 Å². The van der Waals surface area contributed by atoms with Crippen LogP contribution in [0, 0.1) is 0 Å². The molecule has 0 unspecified atom stereocenters. The largest absolute Gasteiger partial charge is 0.344 e. The Morgan fingerprint density at radius 3 is 2.48 bits per heavy atom. The maximum Gasteiger partial charge on any atom is 0.196 e. The van der Waals surface area contributed by atoms with Crippen molar-refractivity contribution in [1.82, 2.24) is 9.80 Å². The van der Waals surface area contributed by atoms with Crippen molar-refractivity contribution in [3.8, 4) is 0 Å². The molecular weight excluding hydrogens is 258 g/mol. The van der Waals surface area contributed by atoms with E-state index < -0.39 is 0 Å². The summed E-state index contributed by atoms with van der Waals surface area (Å²) in [5, 5.41) is 0. The summed E-state index contributed by atoms with van der Waals surface area (Å²) in [4.78, 5) is 9.56. The number of guanidine groups is 1. The lowest BCUT2D eigenvalue weighted by Gasteiger charge is -2.24. The van der Waals surface area contributed by atoms with Crippen molar-refractivity contribution in [3.05, 3.63) is 24.3 Å². The van der Waals surface area contributed by atoms with Crippen LogP contribution in [-0.4, -0.2) is 48.0 Å². The summed E-state index contributed by atoms with van der Waals surface area (Å²) in [7, 11) is 2.14. The fraction of sp³-hybridized carbons (Fsp3) is 0.722. The molecule has 1 heterocycles. The van der Waals surface area contributed by atoms with Crippen LogP contribution in [-0.2, 0) is 0 Å². The first-order chi connectivity index (χ1) is 9.94. The zero-order valence-electron chi connectivity index (χ0n) is 14.6. The van der Waals surface area contributed by atoms with E-state index in [1.807, 2.05) is 0 Å². The van der Waals surface area contributed by atoms with Gasteiger partial charge in [0.2, 0.25) is 0 Å². The monoisotopic (exact) mass is 291 g/mol. The van der Waals surface area contributed by atoms with E-state index in [4.69, 9.17) is 4.99 Å². The van der Waals surface area contributed by atoms with Crippen molar-refractivity contribution < 1.29 is 0 Å². The lowest BCUT2D eigenvalue weighted by Crippen LogP contribution is -2.34. The molecule has 3 heteroatoms. The molecular formula is C18H33N3. The number of rotatable bonds is 7. The van der Waals surface area contributed by atoms with Crippen LogP contribution in [0.5, 0.6) is 0 Å². The normalized spacial score (nSPS) is 18.8. The molecule has 1 fully saturated rings. The molecule has 21 heavy (non-hydrogen) atoms. The first-order valence-electron chi connectivity index (χ1n) is 8.30. The molecule has 0 N–H and O–H groups in total. The van der Waals surface area contributed by atoms with Gasteiger partial charge in [-0.3, -0.25) is 0 Å². The third-order valence-electron chi connectivity index (χ3n) is 3.41. The molecule has 0 aliphatic carbocycles. The van der Waals surface area contributed by atoms with Crippen LogP contribution in [0.15, 0.2) is 29.3 Å². The van der Waals surface area contributed by atoms with Gasteiger partial charge in [-0.25, -0.2) is 4.99 Å². The minimum Gasteiger partial charge on any atom is -0.344 e. The molecule has 0 saturated carbocycles. The first kappa shape index (κ1) is 17.8. The van der Waals surface area contributed by atoms with Gasteiger partial charge in [-0.1, -0.05) is 31.2 Å². The molecule has 1 rings (SSSR count). The van der Waals surface area contributed by atoms with E-state index in [9.17, 15) is 0 Å². The Hall–Kier alpha value is -1.25. The molecule has 0 aromatic heterocycles. The lowest BCUT2D eigenvalue weighted by atomic mass is 10.1. The predicted molar refractivity (Wildman–Crippen MR) is 93.8 cm³/mol. The van der Waals surface area contributed by atoms with Crippen molar-refractivity contribution in [1.29, 1.82) is 0 Å². The van der Waals surface area contributed by atoms with Crippen LogP contribution in [0.3, 0.4) is 0 Å². The van der Waals surface area contributed by atoms with E-state index in [1.54, 1.807) is 0 Å². The van der Waals surface area contributed by atoms with Crippen molar-refractivity contribution in [2.45, 2.75) is 58.9 Å². The van der Waals surface area contributed by atoms with E-state index in [-0.39, 0.29) is 5.54 Å². The Bertz CT molecular complexity index is 374. The van der Waals surface area contributed by atoms with Crippen molar-refractivity contribution in [2.75, 3.05) is 26.7 Å². The number of hydrogen-bond acceptors (Lipinski definition) is 1. The second-order valence-corrected chi connectivity index (χ2v) is 6.72. The Labute approximate surface area is 131 Å². The number of hydrogen-bond donors (Lipinski definition) is 0. The van der Waals surface area contributed by atoms with Crippen LogP contribution in [0.25, 0.3) is 0 Å². The van der Waals surface area contributed by atoms with Crippen LogP contribution in [0.2, 0.25) is 0 Å². The summed E-state index contributed by atoms with van der Waals surface area (Å²) >= 11 is 0. The summed E-state index contributed by atoms with van der Waals surface area (Å²) in [6.07, 6.45) is 13.6. The average molecular weight is 291 g/mol. The number of aliphatic imine (C=N–C) groups is 1. The highest BCUT2D eigenvalue weighted by Gasteiger charge is 2.24. The Morgan fingerprint density at radius 1 is 1.10 bits per heavy atom. The smallest absolute Gasteiger partial charge is 0.196 e. The van der Waals surface area contributed by atoms with E-state index >= 15 is 0 Å². The molecule has 0 spiro atoms. The van der Waals surface area contributed by atoms with Gasteiger partial charge in [0, 0.05) is 26.7 Å². The number of unbranched alkanes of at least 4 members (excludes halogenated alkanes) is 1. The maximum atomic E-state index is 4.86. The Morgan fingerprint density at radius 2 is 1.81 bits per heavy atom. The van der Waals surface area contributed by atoms with Gasteiger partial charge in [-0.05, 0) is 46.5 Å². The zero-order chi connectivity index (χ0) is 15.7. The second-order valence-electron chi connectivity index (χ2n) is 6.72. The standard InChI is InChI=1S/C18H33N3/c1-6-7-8-9-10-11-12-13-14-21-16-15-20(5)17(21)19-18(2,3)4/h7-8,10-11H,6,9,12-16H2,1-5H3/b8-7-,11-10-,19-17?. The highest BCUT2D eigenvalue weighted by molar-refractivity contribution is 5.82. The van der Waals surface area contributed by atoms with E-state index in [2.05, 4.69) is 68.8 Å². The molecule has 0 bridgehead atoms. The summed E-state index contributed by atoms with van der Waals surface area (Å²) in [6.45, 7) is 12.0. The van der Waals surface area contributed by atoms with E-state index in [1.165, 1.54) is 6.42 Å². The molecule has 3 nitrogen and oxygen atoms in total. The van der Waals surface area contributed by atoms with Gasteiger partial charge in [-0.15, -0.1) is 0 Å². The van der Waals surface area contributed by atoms with Crippen molar-refractivity contribution in [3.63, 3.8) is 0 Å². The summed E-state index contributed by atoms with van der Waals surface area (Å²) in [6, 6.07) is 0. The van der Waals surface area contributed by atoms with Crippen LogP contribution < -0.4 is 0 Å². The molecule has 0 aromatic rings. The third kappa shape index (κ3) is 7.35. The summed E-state index contributed by atoms with van der Waals surface area (Å²) in [5.41, 5.74) is -0.00228. The molecule has 0 atom stereocenters. The second kappa shape index (κ2) is 8.91. The molecule has 1 aliphatic heterocycles. The molecule has 0 radical (unpaired) electrons. The van der Waals surface area contributed by atoms with Gasteiger partial charge in [-0.2, -0.15) is 0 Å². The van der Waals surface area contributed by atoms with Crippen molar-refractivity contribution in [2.24, 2.45) is 4.99 Å². The highest BCUT2D eigenvalue weighted by Crippen LogP contribution is 2.14. The van der Waals surface area contributed by atoms with Gasteiger partial charge in [0.1, 0.15) is 0 Å². The van der Waals surface area contributed by atoms with Crippen molar-refractivity contribution >= 4 is 5.96 Å². The molecule has 0 amide bonds. The molecule has 120 valence electrons. The van der Waals surface area contributed by atoms with Crippen LogP contribution >= 0.6 is 0 Å². The minimum absolute atomic E-state index is 0.00228. The van der Waals surface area contributed by atoms with Gasteiger partial charge >= 0.3 is 0 Å². The summed E-state index contributed by atoms with van der Waals surface area (Å²) in [5.74, 6) is 1.16. The predicted octanol–water partition coefficient (Wildman–Crippen LogP) is 4.08. The third-order valence-corrected chi connectivity index (χ3v) is 3.41. The molecule has 1 aliphatic rings. The molecule has 1 saturated heterocycles. The van der Waals surface area contributed by atoms with Crippen LogP contribution in [0.4, 0.5) is 0 Å². The topological polar surface area (TPSA) is 18.8 Å². The zero-order valence-corrected chi connectivity index (χ0v) is 14.6. The fourth-order valence-corrected chi connectivity index (χ4v) is 2.34. The fourth-order valence-electron chi connectivity index (χ4n) is 2.34. The van der Waals surface area contributed by atoms with Gasteiger partial charge in [0.25, 0.3) is 0 Å². The Balaban J connectivity index is 2.34. The van der Waals surface area contributed by atoms with E-state index in [0.29, 0.717) is 0 Å². The van der Waals surface area contributed by atoms with E-state index in [0.717, 1.165) is 44.9 Å². The van der Waals surface area contributed by atoms with Gasteiger partial charge < -0.3 is 9.80 Å². The Kier molecular flexibility index (Phi) is 7.55.